The maximum absolute atomic E-state index is 13.8. The summed E-state index contributed by atoms with van der Waals surface area (Å²) in [6.45, 7) is 2.08. The number of aryl methyl sites for hydroxylation is 1. The molecular weight excluding hydrogens is 599 g/mol. The summed E-state index contributed by atoms with van der Waals surface area (Å²) in [7, 11) is -4.16. The summed E-state index contributed by atoms with van der Waals surface area (Å²) in [6.07, 6.45) is 2.55. The fraction of sp³-hybridized carbons (Fsp3) is 0.241. The maximum atomic E-state index is 13.8. The zero-order valence-electron chi connectivity index (χ0n) is 22.6. The van der Waals surface area contributed by atoms with Gasteiger partial charge in [0.15, 0.2) is 0 Å². The van der Waals surface area contributed by atoms with Crippen LogP contribution in [-0.4, -0.2) is 47.0 Å². The number of rotatable bonds is 9. The topological polar surface area (TPSA) is 151 Å². The number of benzene rings is 3. The first-order chi connectivity index (χ1) is 20.1. The van der Waals surface area contributed by atoms with E-state index >= 15 is 0 Å². The lowest BCUT2D eigenvalue weighted by Crippen LogP contribution is -2.45. The number of nitrogens with one attached hydrogen (secondary N) is 2. The number of sulfonamides is 1. The summed E-state index contributed by atoms with van der Waals surface area (Å²) in [4.78, 5) is 21.8. The number of halogens is 2. The molecule has 10 nitrogen and oxygen atoms in total. The largest absolute Gasteiger partial charge is 0.486 e. The van der Waals surface area contributed by atoms with Gasteiger partial charge in [0.05, 0.1) is 16.2 Å². The second-order valence-corrected chi connectivity index (χ2v) is 12.5. The minimum absolute atomic E-state index is 0.0501. The quantitative estimate of drug-likeness (QED) is 0.182. The molecule has 1 aliphatic rings. The smallest absolute Gasteiger partial charge is 0.245 e. The molecule has 1 amide bonds. The Morgan fingerprint density at radius 2 is 1.93 bits per heavy atom. The molecule has 1 aromatic heterocycles. The highest BCUT2D eigenvalue weighted by Crippen LogP contribution is 2.36. The highest BCUT2D eigenvalue weighted by atomic mass is 35.5. The lowest BCUT2D eigenvalue weighted by Gasteiger charge is -2.24. The predicted octanol–water partition coefficient (Wildman–Crippen LogP) is 4.58. The second-order valence-electron chi connectivity index (χ2n) is 9.86. The molecule has 4 N–H and O–H groups in total. The molecule has 0 radical (unpaired) electrons. The van der Waals surface area contributed by atoms with Gasteiger partial charge in [0.1, 0.15) is 34.6 Å². The molecule has 3 aromatic carbocycles. The Bertz CT molecular complexity index is 1780. The molecule has 0 bridgehead atoms. The highest BCUT2D eigenvalue weighted by Gasteiger charge is 2.40. The number of fused-ring (bicyclic) bond motifs is 1. The van der Waals surface area contributed by atoms with Gasteiger partial charge in [0.2, 0.25) is 15.9 Å². The monoisotopic (exact) mass is 626 g/mol. The van der Waals surface area contributed by atoms with Crippen LogP contribution in [0.15, 0.2) is 65.7 Å². The van der Waals surface area contributed by atoms with Crippen molar-refractivity contribution in [2.45, 2.75) is 43.9 Å². The van der Waals surface area contributed by atoms with E-state index in [1.165, 1.54) is 16.4 Å². The Kier molecular flexibility index (Phi) is 8.65. The van der Waals surface area contributed by atoms with Crippen molar-refractivity contribution >= 4 is 56.0 Å². The van der Waals surface area contributed by atoms with Gasteiger partial charge in [-0.05, 0) is 49.6 Å². The van der Waals surface area contributed by atoms with Crippen LogP contribution in [0.4, 0.5) is 0 Å². The Balaban J connectivity index is 1.34. The van der Waals surface area contributed by atoms with Crippen LogP contribution in [0.2, 0.25) is 10.0 Å². The SMILES string of the molecule is Cc1cnc2cccc(OCc3c(Cl)ccc(S(=O)(=O)N4CCC[C@H]4C(=O)NCc4ccc(C(=N)N)cc4)c3Cl)c2n1. The van der Waals surface area contributed by atoms with Crippen LogP contribution in [0, 0.1) is 12.3 Å². The van der Waals surface area contributed by atoms with Crippen LogP contribution in [0.25, 0.3) is 11.0 Å². The average Bonchev–Trinajstić information content (AvgIpc) is 3.47. The fourth-order valence-electron chi connectivity index (χ4n) is 4.79. The van der Waals surface area contributed by atoms with Gasteiger partial charge in [-0.15, -0.1) is 0 Å². The number of hydrogen-bond acceptors (Lipinski definition) is 7. The molecule has 1 fully saturated rings. The molecule has 1 saturated heterocycles. The van der Waals surface area contributed by atoms with E-state index < -0.39 is 22.0 Å². The molecular formula is C29H28Cl2N6O4S. The Hall–Kier alpha value is -3.77. The van der Waals surface area contributed by atoms with Crippen LogP contribution in [0.1, 0.15) is 35.2 Å². The number of aromatic nitrogens is 2. The molecule has 5 rings (SSSR count). The third-order valence-corrected chi connectivity index (χ3v) is 9.85. The Morgan fingerprint density at radius 3 is 2.67 bits per heavy atom. The third-order valence-electron chi connectivity index (χ3n) is 7.00. The molecule has 2 heterocycles. The molecule has 0 saturated carbocycles. The molecule has 13 heteroatoms. The highest BCUT2D eigenvalue weighted by molar-refractivity contribution is 7.89. The Morgan fingerprint density at radius 1 is 1.17 bits per heavy atom. The standard InChI is InChI=1S/C29H28Cl2N6O4S/c1-17-14-34-22-4-2-6-24(27(22)36-17)41-16-20-21(30)11-12-25(26(20)31)42(39,40)37-13-3-5-23(37)29(38)35-15-18-7-9-19(10-8-18)28(32)33/h2,4,6-12,14,23H,3,5,13,15-16H2,1H3,(H3,32,33)(H,35,38)/t23-/m0/s1. The summed E-state index contributed by atoms with van der Waals surface area (Å²) < 4.78 is 34.8. The summed E-state index contributed by atoms with van der Waals surface area (Å²) in [5, 5.41) is 10.5. The van der Waals surface area contributed by atoms with Crippen LogP contribution >= 0.6 is 23.2 Å². The summed E-state index contributed by atoms with van der Waals surface area (Å²) in [5.41, 5.74) is 9.09. The van der Waals surface area contributed by atoms with E-state index in [1.54, 1.807) is 42.6 Å². The number of ether oxygens (including phenoxy) is 1. The van der Waals surface area contributed by atoms with Crippen molar-refractivity contribution in [1.29, 1.82) is 5.41 Å². The first kappa shape index (κ1) is 29.7. The number of nitrogens with zero attached hydrogens (tertiary/aromatic N) is 3. The number of nitrogen functional groups attached to an aromatic ring is 1. The normalized spacial score (nSPS) is 15.5. The van der Waals surface area contributed by atoms with Gasteiger partial charge in [-0.1, -0.05) is 53.5 Å². The van der Waals surface area contributed by atoms with E-state index in [0.717, 1.165) is 11.3 Å². The summed E-state index contributed by atoms with van der Waals surface area (Å²) in [5.74, 6) is -0.00468. The van der Waals surface area contributed by atoms with Crippen LogP contribution < -0.4 is 15.8 Å². The van der Waals surface area contributed by atoms with Crippen LogP contribution in [-0.2, 0) is 28.0 Å². The lowest BCUT2D eigenvalue weighted by atomic mass is 10.1. The minimum atomic E-state index is -4.16. The summed E-state index contributed by atoms with van der Waals surface area (Å²) >= 11 is 13.1. The van der Waals surface area contributed by atoms with Crippen molar-refractivity contribution in [1.82, 2.24) is 19.6 Å². The van der Waals surface area contributed by atoms with Gasteiger partial charge in [-0.3, -0.25) is 15.2 Å². The van der Waals surface area contributed by atoms with Crippen molar-refractivity contribution < 1.29 is 17.9 Å². The first-order valence-electron chi connectivity index (χ1n) is 13.1. The van der Waals surface area contributed by atoms with Crippen molar-refractivity contribution in [2.75, 3.05) is 6.54 Å². The van der Waals surface area contributed by atoms with Crippen molar-refractivity contribution in [3.63, 3.8) is 0 Å². The Labute approximate surface area is 253 Å². The average molecular weight is 628 g/mol. The molecule has 0 unspecified atom stereocenters. The fourth-order valence-corrected chi connectivity index (χ4v) is 7.32. The van der Waals surface area contributed by atoms with Crippen molar-refractivity contribution in [3.05, 3.63) is 93.2 Å². The molecule has 1 atom stereocenters. The summed E-state index contributed by atoms with van der Waals surface area (Å²) in [6, 6.07) is 14.1. The number of nitrogens with two attached hydrogens (primary N) is 1. The number of carbonyl (C=O) groups is 1. The van der Waals surface area contributed by atoms with Gasteiger partial charge in [-0.2, -0.15) is 4.31 Å². The van der Waals surface area contributed by atoms with E-state index in [1.807, 2.05) is 13.0 Å². The third kappa shape index (κ3) is 6.05. The van der Waals surface area contributed by atoms with Crippen molar-refractivity contribution in [3.8, 4) is 5.75 Å². The lowest BCUT2D eigenvalue weighted by molar-refractivity contribution is -0.124. The molecule has 0 spiro atoms. The second kappa shape index (κ2) is 12.2. The van der Waals surface area contributed by atoms with Gasteiger partial charge < -0.3 is 15.8 Å². The number of hydrogen-bond donors (Lipinski definition) is 3. The van der Waals surface area contributed by atoms with E-state index in [9.17, 15) is 13.2 Å². The van der Waals surface area contributed by atoms with Gasteiger partial charge in [-0.25, -0.2) is 13.4 Å². The minimum Gasteiger partial charge on any atom is -0.486 e. The number of amides is 1. The molecule has 42 heavy (non-hydrogen) atoms. The van der Waals surface area contributed by atoms with Gasteiger partial charge >= 0.3 is 0 Å². The predicted molar refractivity (Wildman–Crippen MR) is 161 cm³/mol. The molecule has 4 aromatic rings. The number of amidine groups is 1. The van der Waals surface area contributed by atoms with Gasteiger partial charge in [0.25, 0.3) is 0 Å². The zero-order chi connectivity index (χ0) is 30.0. The van der Waals surface area contributed by atoms with Crippen molar-refractivity contribution in [2.24, 2.45) is 5.73 Å². The van der Waals surface area contributed by atoms with Crippen LogP contribution in [0.5, 0.6) is 5.75 Å². The van der Waals surface area contributed by atoms with E-state index in [-0.39, 0.29) is 40.5 Å². The number of carbonyl (C=O) groups excluding carboxylic acids is 1. The molecule has 0 aliphatic carbocycles. The maximum Gasteiger partial charge on any atom is 0.245 e. The van der Waals surface area contributed by atoms with Crippen LogP contribution in [0.3, 0.4) is 0 Å². The number of para-hydroxylation sites is 1. The zero-order valence-corrected chi connectivity index (χ0v) is 24.9. The molecule has 218 valence electrons. The van der Waals surface area contributed by atoms with E-state index in [0.29, 0.717) is 40.8 Å². The van der Waals surface area contributed by atoms with E-state index in [4.69, 9.17) is 39.1 Å². The molecule has 1 aliphatic heterocycles. The first-order valence-corrected chi connectivity index (χ1v) is 15.3. The van der Waals surface area contributed by atoms with Gasteiger partial charge in [0, 0.05) is 35.4 Å². The van der Waals surface area contributed by atoms with E-state index in [2.05, 4.69) is 15.3 Å².